The Bertz CT molecular complexity index is 1220. The van der Waals surface area contributed by atoms with E-state index in [1.165, 1.54) is 21.3 Å². The maximum absolute atomic E-state index is 13.8. The monoisotopic (exact) mass is 474 g/mol. The number of hydrogen-bond donors (Lipinski definition) is 1. The minimum Gasteiger partial charge on any atom is -0.493 e. The molecule has 2 atom stereocenters. The summed E-state index contributed by atoms with van der Waals surface area (Å²) in [4.78, 5) is 13.8. The highest BCUT2D eigenvalue weighted by Gasteiger charge is 2.43. The zero-order valence-electron chi connectivity index (χ0n) is 20.7. The number of carbonyl (C=O) groups excluding carboxylic acids is 1. The van der Waals surface area contributed by atoms with Crippen molar-refractivity contribution in [3.63, 3.8) is 0 Å². The molecule has 1 aliphatic heterocycles. The van der Waals surface area contributed by atoms with E-state index in [1.807, 2.05) is 49.4 Å². The summed E-state index contributed by atoms with van der Waals surface area (Å²) >= 11 is 0. The van der Waals surface area contributed by atoms with Gasteiger partial charge in [-0.1, -0.05) is 30.3 Å². The van der Waals surface area contributed by atoms with Gasteiger partial charge in [-0.3, -0.25) is 9.80 Å². The van der Waals surface area contributed by atoms with Gasteiger partial charge >= 0.3 is 0 Å². The molecule has 1 aliphatic carbocycles. The number of allylic oxidation sites excluding steroid dienone is 3. The Hall–Kier alpha value is -3.96. The Morgan fingerprint density at radius 3 is 2.14 bits per heavy atom. The number of benzene rings is 2. The highest BCUT2D eigenvalue weighted by Crippen LogP contribution is 2.50. The number of nitriles is 1. The fraction of sp³-hybridized carbons (Fsp3) is 0.333. The lowest BCUT2D eigenvalue weighted by atomic mass is 9.72. The molecule has 2 N–H and O–H groups in total. The average Bonchev–Trinajstić information content (AvgIpc) is 2.87. The highest BCUT2D eigenvalue weighted by atomic mass is 16.5. The number of ketones is 1. The van der Waals surface area contributed by atoms with Gasteiger partial charge in [0.25, 0.3) is 0 Å². The van der Waals surface area contributed by atoms with Gasteiger partial charge in [-0.05, 0) is 35.6 Å². The molecular weight excluding hydrogens is 444 g/mol. The predicted molar refractivity (Wildman–Crippen MR) is 132 cm³/mol. The zero-order chi connectivity index (χ0) is 25.3. The molecular formula is C27H30N4O4. The van der Waals surface area contributed by atoms with E-state index in [9.17, 15) is 10.1 Å². The lowest BCUT2D eigenvalue weighted by Crippen LogP contribution is -2.46. The van der Waals surface area contributed by atoms with Crippen molar-refractivity contribution in [1.29, 1.82) is 5.26 Å². The van der Waals surface area contributed by atoms with Crippen LogP contribution in [0.4, 0.5) is 0 Å². The SMILES string of the molecule is COc1cc([C@@H]2C(C#N)=C(N)N(N(C)C)C3=C2C(=O)C[C@@H](c2ccccc2)C3)cc(OC)c1OC. The number of rotatable bonds is 6. The largest absolute Gasteiger partial charge is 0.493 e. The van der Waals surface area contributed by atoms with Crippen molar-refractivity contribution in [2.24, 2.45) is 5.73 Å². The summed E-state index contributed by atoms with van der Waals surface area (Å²) in [7, 11) is 8.30. The van der Waals surface area contributed by atoms with Crippen molar-refractivity contribution in [3.05, 3.63) is 76.3 Å². The van der Waals surface area contributed by atoms with E-state index in [-0.39, 0.29) is 11.7 Å². The molecule has 0 fully saturated rings. The van der Waals surface area contributed by atoms with Crippen LogP contribution in [0, 0.1) is 11.3 Å². The summed E-state index contributed by atoms with van der Waals surface area (Å²) in [5.74, 6) is 0.988. The van der Waals surface area contributed by atoms with Crippen LogP contribution in [0.1, 0.15) is 35.8 Å². The molecule has 1 heterocycles. The maximum Gasteiger partial charge on any atom is 0.203 e. The Morgan fingerprint density at radius 1 is 1.00 bits per heavy atom. The fourth-order valence-corrected chi connectivity index (χ4v) is 5.13. The number of hydrogen-bond acceptors (Lipinski definition) is 8. The normalized spacial score (nSPS) is 20.0. The third-order valence-corrected chi connectivity index (χ3v) is 6.63. The van der Waals surface area contributed by atoms with Gasteiger partial charge in [-0.25, -0.2) is 5.01 Å². The third kappa shape index (κ3) is 4.08. The van der Waals surface area contributed by atoms with Crippen LogP contribution >= 0.6 is 0 Å². The number of carbonyl (C=O) groups is 1. The summed E-state index contributed by atoms with van der Waals surface area (Å²) in [6.07, 6.45) is 0.966. The van der Waals surface area contributed by atoms with Crippen molar-refractivity contribution < 1.29 is 19.0 Å². The van der Waals surface area contributed by atoms with Crippen LogP contribution in [-0.2, 0) is 4.79 Å². The van der Waals surface area contributed by atoms with Crippen LogP contribution in [-0.4, -0.2) is 51.2 Å². The van der Waals surface area contributed by atoms with Crippen molar-refractivity contribution >= 4 is 5.78 Å². The molecule has 0 spiro atoms. The molecule has 2 aromatic carbocycles. The van der Waals surface area contributed by atoms with E-state index in [0.29, 0.717) is 52.6 Å². The summed E-state index contributed by atoms with van der Waals surface area (Å²) in [5, 5.41) is 13.8. The fourth-order valence-electron chi connectivity index (χ4n) is 5.13. The van der Waals surface area contributed by atoms with Gasteiger partial charge in [-0.2, -0.15) is 5.26 Å². The van der Waals surface area contributed by atoms with Crippen LogP contribution in [0.5, 0.6) is 17.2 Å². The molecule has 0 saturated carbocycles. The van der Waals surface area contributed by atoms with Crippen molar-refractivity contribution in [2.45, 2.75) is 24.7 Å². The van der Waals surface area contributed by atoms with Gasteiger partial charge < -0.3 is 19.9 Å². The highest BCUT2D eigenvalue weighted by molar-refractivity contribution is 6.00. The molecule has 0 saturated heterocycles. The molecule has 182 valence electrons. The molecule has 2 aliphatic rings. The number of nitrogens with two attached hydrogens (primary N) is 1. The van der Waals surface area contributed by atoms with Crippen LogP contribution in [0.15, 0.2) is 65.1 Å². The standard InChI is InChI=1S/C27H30N4O4/c1-30(2)31-20-11-17(16-9-7-6-8-10-16)12-21(32)25(20)24(19(15-28)27(31)29)18-13-22(33-3)26(35-5)23(14-18)34-4/h6-10,13-14,17,24H,11-12,29H2,1-5H3/t17-,24+/m0/s1. The summed E-state index contributed by atoms with van der Waals surface area (Å²) in [6, 6.07) is 15.9. The van der Waals surface area contributed by atoms with Gasteiger partial charge in [-0.15, -0.1) is 0 Å². The minimum atomic E-state index is -0.649. The molecule has 8 nitrogen and oxygen atoms in total. The number of methoxy groups -OCH3 is 3. The second-order valence-corrected chi connectivity index (χ2v) is 8.76. The van der Waals surface area contributed by atoms with E-state index in [4.69, 9.17) is 19.9 Å². The Balaban J connectivity index is 1.94. The number of ether oxygens (including phenoxy) is 3. The molecule has 35 heavy (non-hydrogen) atoms. The molecule has 4 rings (SSSR count). The Kier molecular flexibility index (Phi) is 6.72. The topological polar surface area (TPSA) is 101 Å². The third-order valence-electron chi connectivity index (χ3n) is 6.63. The molecule has 0 aromatic heterocycles. The number of nitrogens with zero attached hydrogens (tertiary/aromatic N) is 3. The first-order valence-corrected chi connectivity index (χ1v) is 11.3. The lowest BCUT2D eigenvalue weighted by molar-refractivity contribution is -0.117. The quantitative estimate of drug-likeness (QED) is 0.677. The van der Waals surface area contributed by atoms with Gasteiger partial charge in [0.15, 0.2) is 17.3 Å². The molecule has 2 aromatic rings. The Labute approximate surface area is 205 Å². The van der Waals surface area contributed by atoms with E-state index in [2.05, 4.69) is 6.07 Å². The van der Waals surface area contributed by atoms with Gasteiger partial charge in [0.1, 0.15) is 5.82 Å². The predicted octanol–water partition coefficient (Wildman–Crippen LogP) is 3.68. The van der Waals surface area contributed by atoms with E-state index < -0.39 is 5.92 Å². The minimum absolute atomic E-state index is 0.00838. The zero-order valence-corrected chi connectivity index (χ0v) is 20.7. The average molecular weight is 475 g/mol. The first-order valence-electron chi connectivity index (χ1n) is 11.3. The molecule has 8 heteroatoms. The van der Waals surface area contributed by atoms with Crippen LogP contribution in [0.3, 0.4) is 0 Å². The van der Waals surface area contributed by atoms with Crippen molar-refractivity contribution in [2.75, 3.05) is 35.4 Å². The first kappa shape index (κ1) is 24.2. The first-order chi connectivity index (χ1) is 16.9. The summed E-state index contributed by atoms with van der Waals surface area (Å²) in [5.41, 5.74) is 10.1. The van der Waals surface area contributed by atoms with E-state index >= 15 is 0 Å². The number of hydrazine groups is 1. The Morgan fingerprint density at radius 2 is 1.63 bits per heavy atom. The molecule has 0 amide bonds. The van der Waals surface area contributed by atoms with E-state index in [0.717, 1.165) is 11.3 Å². The van der Waals surface area contributed by atoms with E-state index in [1.54, 1.807) is 17.1 Å². The molecule has 0 bridgehead atoms. The summed E-state index contributed by atoms with van der Waals surface area (Å²) in [6.45, 7) is 0. The number of Topliss-reactive ketones (excluding diaryl/α,β-unsaturated/α-hetero) is 1. The second kappa shape index (κ2) is 9.72. The van der Waals surface area contributed by atoms with Crippen molar-refractivity contribution in [3.8, 4) is 23.3 Å². The smallest absolute Gasteiger partial charge is 0.203 e. The van der Waals surface area contributed by atoms with Gasteiger partial charge in [0.05, 0.1) is 38.9 Å². The maximum atomic E-state index is 13.8. The van der Waals surface area contributed by atoms with Crippen molar-refractivity contribution in [1.82, 2.24) is 10.0 Å². The molecule has 0 radical (unpaired) electrons. The lowest BCUT2D eigenvalue weighted by Gasteiger charge is -2.44. The van der Waals surface area contributed by atoms with Crippen LogP contribution in [0.25, 0.3) is 0 Å². The van der Waals surface area contributed by atoms with Crippen LogP contribution < -0.4 is 19.9 Å². The van der Waals surface area contributed by atoms with Gasteiger partial charge in [0, 0.05) is 31.8 Å². The summed E-state index contributed by atoms with van der Waals surface area (Å²) < 4.78 is 16.6. The van der Waals surface area contributed by atoms with Crippen LogP contribution in [0.2, 0.25) is 0 Å². The van der Waals surface area contributed by atoms with Gasteiger partial charge in [0.2, 0.25) is 5.75 Å². The molecule has 0 unspecified atom stereocenters. The second-order valence-electron chi connectivity index (χ2n) is 8.76.